The highest BCUT2D eigenvalue weighted by Crippen LogP contribution is 2.40. The summed E-state index contributed by atoms with van der Waals surface area (Å²) < 4.78 is 0. The molecule has 1 saturated carbocycles. The molecule has 1 aromatic rings. The van der Waals surface area contributed by atoms with Crippen molar-refractivity contribution in [3.63, 3.8) is 0 Å². The fraction of sp³-hybridized carbons (Fsp3) is 0.500. The number of nitrogens with one attached hydrogen (secondary N) is 1. The molecule has 21 heavy (non-hydrogen) atoms. The van der Waals surface area contributed by atoms with Gasteiger partial charge in [-0.1, -0.05) is 25.0 Å². The van der Waals surface area contributed by atoms with Crippen molar-refractivity contribution < 1.29 is 19.8 Å². The van der Waals surface area contributed by atoms with Gasteiger partial charge < -0.3 is 15.5 Å². The Morgan fingerprint density at radius 2 is 2.05 bits per heavy atom. The molecule has 0 aromatic heterocycles. The zero-order chi connectivity index (χ0) is 15.0. The highest BCUT2D eigenvalue weighted by Gasteiger charge is 2.36. The standard InChI is InChI=1S/C16H19NO4/c18-14-8-10-7-9(5-6-13(10)17-14)15(19)11-3-1-2-4-12(11)16(20)21/h5-7,11-12,15,19H,1-4,8H2,(H,17,18)(H,20,21). The molecule has 1 heterocycles. The van der Waals surface area contributed by atoms with Crippen LogP contribution in [0.3, 0.4) is 0 Å². The highest BCUT2D eigenvalue weighted by atomic mass is 16.4. The molecule has 5 heteroatoms. The van der Waals surface area contributed by atoms with Crippen molar-refractivity contribution in [2.24, 2.45) is 11.8 Å². The van der Waals surface area contributed by atoms with Crippen molar-refractivity contribution in [3.8, 4) is 0 Å². The first kappa shape index (κ1) is 14.1. The number of fused-ring (bicyclic) bond motifs is 1. The zero-order valence-electron chi connectivity index (χ0n) is 11.7. The Balaban J connectivity index is 1.84. The lowest BCUT2D eigenvalue weighted by Gasteiger charge is -2.32. The SMILES string of the molecule is O=C1Cc2cc(C(O)C3CCCCC3C(=O)O)ccc2N1. The number of aliphatic hydroxyl groups is 1. The van der Waals surface area contributed by atoms with Gasteiger partial charge in [0.1, 0.15) is 0 Å². The second-order valence-corrected chi connectivity index (χ2v) is 5.98. The molecule has 2 aliphatic rings. The molecule has 0 spiro atoms. The summed E-state index contributed by atoms with van der Waals surface area (Å²) in [5, 5.41) is 22.7. The van der Waals surface area contributed by atoms with Crippen molar-refractivity contribution in [2.75, 3.05) is 5.32 Å². The van der Waals surface area contributed by atoms with E-state index in [2.05, 4.69) is 5.32 Å². The summed E-state index contributed by atoms with van der Waals surface area (Å²) >= 11 is 0. The van der Waals surface area contributed by atoms with E-state index in [4.69, 9.17) is 0 Å². The van der Waals surface area contributed by atoms with Gasteiger partial charge in [0, 0.05) is 11.6 Å². The first-order chi connectivity index (χ1) is 10.1. The summed E-state index contributed by atoms with van der Waals surface area (Å²) in [6, 6.07) is 5.39. The lowest BCUT2D eigenvalue weighted by molar-refractivity contribution is -0.147. The Labute approximate surface area is 123 Å². The molecule has 1 fully saturated rings. The number of carbonyl (C=O) groups is 2. The fourth-order valence-corrected chi connectivity index (χ4v) is 3.52. The van der Waals surface area contributed by atoms with Crippen LogP contribution in [0.5, 0.6) is 0 Å². The minimum absolute atomic E-state index is 0.0438. The van der Waals surface area contributed by atoms with E-state index in [9.17, 15) is 19.8 Å². The Kier molecular flexibility index (Phi) is 3.68. The van der Waals surface area contributed by atoms with E-state index >= 15 is 0 Å². The van der Waals surface area contributed by atoms with Gasteiger partial charge >= 0.3 is 5.97 Å². The maximum atomic E-state index is 11.4. The average molecular weight is 289 g/mol. The molecular weight excluding hydrogens is 270 g/mol. The van der Waals surface area contributed by atoms with E-state index in [0.29, 0.717) is 18.4 Å². The topological polar surface area (TPSA) is 86.6 Å². The van der Waals surface area contributed by atoms with Crippen molar-refractivity contribution in [1.29, 1.82) is 0 Å². The van der Waals surface area contributed by atoms with Gasteiger partial charge in [-0.3, -0.25) is 9.59 Å². The Bertz CT molecular complexity index is 584. The lowest BCUT2D eigenvalue weighted by Crippen LogP contribution is -2.31. The van der Waals surface area contributed by atoms with Crippen LogP contribution in [-0.2, 0) is 16.0 Å². The molecule has 1 aliphatic carbocycles. The van der Waals surface area contributed by atoms with Gasteiger partial charge in [0.05, 0.1) is 18.4 Å². The van der Waals surface area contributed by atoms with Gasteiger partial charge in [-0.2, -0.15) is 0 Å². The number of hydrogen-bond acceptors (Lipinski definition) is 3. The number of rotatable bonds is 3. The smallest absolute Gasteiger partial charge is 0.306 e. The number of aliphatic carboxylic acids is 1. The van der Waals surface area contributed by atoms with E-state index in [1.165, 1.54) is 0 Å². The second-order valence-electron chi connectivity index (χ2n) is 5.98. The monoisotopic (exact) mass is 289 g/mol. The largest absolute Gasteiger partial charge is 0.481 e. The van der Waals surface area contributed by atoms with E-state index in [-0.39, 0.29) is 11.8 Å². The van der Waals surface area contributed by atoms with Crippen molar-refractivity contribution >= 4 is 17.6 Å². The van der Waals surface area contributed by atoms with Crippen molar-refractivity contribution in [2.45, 2.75) is 38.2 Å². The van der Waals surface area contributed by atoms with Gasteiger partial charge in [0.15, 0.2) is 0 Å². The maximum Gasteiger partial charge on any atom is 0.306 e. The van der Waals surface area contributed by atoms with E-state index in [0.717, 1.165) is 30.5 Å². The number of amides is 1. The van der Waals surface area contributed by atoms with Gasteiger partial charge in [0.25, 0.3) is 0 Å². The molecule has 3 N–H and O–H groups in total. The van der Waals surface area contributed by atoms with Crippen LogP contribution in [-0.4, -0.2) is 22.1 Å². The highest BCUT2D eigenvalue weighted by molar-refractivity contribution is 5.99. The first-order valence-corrected chi connectivity index (χ1v) is 7.40. The number of carboxylic acids is 1. The van der Waals surface area contributed by atoms with Crippen LogP contribution in [0.1, 0.15) is 42.9 Å². The summed E-state index contributed by atoms with van der Waals surface area (Å²) in [7, 11) is 0. The molecule has 0 radical (unpaired) electrons. The molecule has 0 saturated heterocycles. The van der Waals surface area contributed by atoms with Gasteiger partial charge in [-0.05, 0) is 30.0 Å². The molecule has 3 atom stereocenters. The number of benzene rings is 1. The molecule has 0 bridgehead atoms. The van der Waals surface area contributed by atoms with Crippen LogP contribution >= 0.6 is 0 Å². The van der Waals surface area contributed by atoms with Crippen LogP contribution in [0, 0.1) is 11.8 Å². The third-order valence-electron chi connectivity index (χ3n) is 4.64. The molecule has 1 amide bonds. The summed E-state index contributed by atoms with van der Waals surface area (Å²) in [6.07, 6.45) is 2.75. The normalized spacial score (nSPS) is 26.0. The number of hydrogen-bond donors (Lipinski definition) is 3. The quantitative estimate of drug-likeness (QED) is 0.795. The Morgan fingerprint density at radius 3 is 2.81 bits per heavy atom. The van der Waals surface area contributed by atoms with Gasteiger partial charge in [0.2, 0.25) is 5.91 Å². The molecule has 5 nitrogen and oxygen atoms in total. The Hall–Kier alpha value is -1.88. The predicted octanol–water partition coefficient (Wildman–Crippen LogP) is 2.11. The summed E-state index contributed by atoms with van der Waals surface area (Å²) in [5.41, 5.74) is 2.37. The summed E-state index contributed by atoms with van der Waals surface area (Å²) in [5.74, 6) is -1.60. The molecule has 1 aliphatic heterocycles. The lowest BCUT2D eigenvalue weighted by atomic mass is 9.74. The van der Waals surface area contributed by atoms with Crippen LogP contribution in [0.4, 0.5) is 5.69 Å². The molecular formula is C16H19NO4. The molecule has 112 valence electrons. The number of carboxylic acid groups (broad SMARTS) is 1. The summed E-state index contributed by atoms with van der Waals surface area (Å²) in [4.78, 5) is 22.7. The molecule has 1 aromatic carbocycles. The second kappa shape index (κ2) is 5.48. The van der Waals surface area contributed by atoms with E-state index in [1.54, 1.807) is 12.1 Å². The number of anilines is 1. The average Bonchev–Trinajstić information content (AvgIpc) is 2.85. The van der Waals surface area contributed by atoms with Gasteiger partial charge in [-0.15, -0.1) is 0 Å². The van der Waals surface area contributed by atoms with Crippen LogP contribution in [0.15, 0.2) is 18.2 Å². The zero-order valence-corrected chi connectivity index (χ0v) is 11.7. The predicted molar refractivity (Wildman–Crippen MR) is 76.8 cm³/mol. The maximum absolute atomic E-state index is 11.4. The van der Waals surface area contributed by atoms with Gasteiger partial charge in [-0.25, -0.2) is 0 Å². The molecule has 3 rings (SSSR count). The minimum atomic E-state index is -0.822. The third-order valence-corrected chi connectivity index (χ3v) is 4.64. The van der Waals surface area contributed by atoms with Crippen LogP contribution in [0.2, 0.25) is 0 Å². The molecule has 3 unspecified atom stereocenters. The Morgan fingerprint density at radius 1 is 1.29 bits per heavy atom. The van der Waals surface area contributed by atoms with Crippen LogP contribution in [0.25, 0.3) is 0 Å². The van der Waals surface area contributed by atoms with Crippen LogP contribution < -0.4 is 5.32 Å². The number of aliphatic hydroxyl groups excluding tert-OH is 1. The fourth-order valence-electron chi connectivity index (χ4n) is 3.52. The first-order valence-electron chi connectivity index (χ1n) is 7.40. The third kappa shape index (κ3) is 2.65. The summed E-state index contributed by atoms with van der Waals surface area (Å²) in [6.45, 7) is 0. The van der Waals surface area contributed by atoms with E-state index < -0.39 is 18.0 Å². The minimum Gasteiger partial charge on any atom is -0.481 e. The number of carbonyl (C=O) groups excluding carboxylic acids is 1. The van der Waals surface area contributed by atoms with E-state index in [1.807, 2.05) is 6.07 Å². The van der Waals surface area contributed by atoms with Crippen molar-refractivity contribution in [3.05, 3.63) is 29.3 Å². The van der Waals surface area contributed by atoms with Crippen molar-refractivity contribution in [1.82, 2.24) is 0 Å².